The fourth-order valence-corrected chi connectivity index (χ4v) is 5.07. The maximum Gasteiger partial charge on any atom is 0.233 e. The van der Waals surface area contributed by atoms with Crippen LogP contribution in [0, 0.1) is 0 Å². The Labute approximate surface area is 278 Å². The quantitative estimate of drug-likeness (QED) is 0.0934. The van der Waals surface area contributed by atoms with Crippen LogP contribution in [-0.2, 0) is 12.8 Å². The first-order chi connectivity index (χ1) is 23.4. The number of benzene rings is 6. The third kappa shape index (κ3) is 8.05. The smallest absolute Gasteiger partial charge is 0.233 e. The molecule has 0 saturated heterocycles. The number of carbonyl (C=O) groups is 4. The molecule has 0 radical (unpaired) electrons. The molecule has 234 valence electrons. The SMILES string of the molecule is O=C(Cc1ccccc1)c1ccc(Oc2ccc(C(=O)C(=O)c3ccc(Oc4ccc(C(=O)Cc5ccccc5)cc4)cc3)cc2)cc1. The second-order valence-corrected chi connectivity index (χ2v) is 11.1. The predicted molar refractivity (Wildman–Crippen MR) is 184 cm³/mol. The van der Waals surface area contributed by atoms with Crippen LogP contribution in [-0.4, -0.2) is 23.1 Å². The van der Waals surface area contributed by atoms with E-state index >= 15 is 0 Å². The Morgan fingerprint density at radius 3 is 0.896 bits per heavy atom. The van der Waals surface area contributed by atoms with E-state index in [0.29, 0.717) is 47.0 Å². The fourth-order valence-electron chi connectivity index (χ4n) is 5.07. The van der Waals surface area contributed by atoms with Crippen molar-refractivity contribution in [3.8, 4) is 23.0 Å². The van der Waals surface area contributed by atoms with Gasteiger partial charge in [-0.3, -0.25) is 19.2 Å². The molecule has 6 aromatic carbocycles. The van der Waals surface area contributed by atoms with Gasteiger partial charge < -0.3 is 9.47 Å². The van der Waals surface area contributed by atoms with Crippen molar-refractivity contribution in [3.63, 3.8) is 0 Å². The van der Waals surface area contributed by atoms with Crippen LogP contribution in [0.1, 0.15) is 52.6 Å². The molecule has 0 fully saturated rings. The predicted octanol–water partition coefficient (Wildman–Crippen LogP) is 9.19. The van der Waals surface area contributed by atoms with E-state index in [1.165, 1.54) is 0 Å². The molecule has 0 saturated carbocycles. The lowest BCUT2D eigenvalue weighted by molar-refractivity contribution is 0.0817. The highest BCUT2D eigenvalue weighted by molar-refractivity contribution is 6.49. The van der Waals surface area contributed by atoms with Crippen LogP contribution in [0.25, 0.3) is 0 Å². The minimum Gasteiger partial charge on any atom is -0.457 e. The molecule has 6 aromatic rings. The first kappa shape index (κ1) is 31.6. The number of ketones is 4. The van der Waals surface area contributed by atoms with E-state index in [9.17, 15) is 19.2 Å². The van der Waals surface area contributed by atoms with Gasteiger partial charge in [0.15, 0.2) is 11.6 Å². The molecule has 0 heterocycles. The molecule has 0 aromatic heterocycles. The van der Waals surface area contributed by atoms with Gasteiger partial charge in [-0.1, -0.05) is 60.7 Å². The molecule has 0 bridgehead atoms. The summed E-state index contributed by atoms with van der Waals surface area (Å²) in [5.41, 5.74) is 3.55. The highest BCUT2D eigenvalue weighted by atomic mass is 16.5. The van der Waals surface area contributed by atoms with Crippen LogP contribution in [0.2, 0.25) is 0 Å². The van der Waals surface area contributed by atoms with Gasteiger partial charge in [-0.15, -0.1) is 0 Å². The highest BCUT2D eigenvalue weighted by Gasteiger charge is 2.19. The zero-order valence-electron chi connectivity index (χ0n) is 25.9. The van der Waals surface area contributed by atoms with Gasteiger partial charge in [0.25, 0.3) is 0 Å². The fraction of sp³-hybridized carbons (Fsp3) is 0.0476. The molecule has 0 aliphatic carbocycles. The summed E-state index contributed by atoms with van der Waals surface area (Å²) in [5, 5.41) is 0. The molecule has 0 N–H and O–H groups in total. The highest BCUT2D eigenvalue weighted by Crippen LogP contribution is 2.25. The summed E-state index contributed by atoms with van der Waals surface area (Å²) in [4.78, 5) is 51.1. The molecule has 0 unspecified atom stereocenters. The van der Waals surface area contributed by atoms with Gasteiger partial charge in [-0.05, 0) is 108 Å². The second kappa shape index (κ2) is 14.8. The van der Waals surface area contributed by atoms with Gasteiger partial charge in [0.2, 0.25) is 11.6 Å². The van der Waals surface area contributed by atoms with Crippen LogP contribution < -0.4 is 9.47 Å². The standard InChI is InChI=1S/C42H30O6/c43-39(27-29-7-3-1-4-8-29)31-11-19-35(20-12-31)47-37-23-15-33(16-24-37)41(45)42(46)34-17-25-38(26-18-34)48-36-21-13-32(14-22-36)40(44)28-30-9-5-2-6-10-30/h1-26H,27-28H2. The first-order valence-electron chi connectivity index (χ1n) is 15.4. The van der Waals surface area contributed by atoms with E-state index in [4.69, 9.17) is 9.47 Å². The van der Waals surface area contributed by atoms with Crippen molar-refractivity contribution in [3.05, 3.63) is 191 Å². The van der Waals surface area contributed by atoms with Crippen molar-refractivity contribution in [2.45, 2.75) is 12.8 Å². The topological polar surface area (TPSA) is 86.7 Å². The van der Waals surface area contributed by atoms with Crippen LogP contribution in [0.5, 0.6) is 23.0 Å². The van der Waals surface area contributed by atoms with E-state index in [1.54, 1.807) is 97.1 Å². The number of rotatable bonds is 13. The number of Topliss-reactive ketones (excluding diaryl/α,β-unsaturated/α-hetero) is 4. The van der Waals surface area contributed by atoms with Gasteiger partial charge in [-0.25, -0.2) is 0 Å². The van der Waals surface area contributed by atoms with Crippen molar-refractivity contribution in [2.24, 2.45) is 0 Å². The van der Waals surface area contributed by atoms with Crippen molar-refractivity contribution in [1.29, 1.82) is 0 Å². The van der Waals surface area contributed by atoms with Crippen LogP contribution in [0.3, 0.4) is 0 Å². The van der Waals surface area contributed by atoms with E-state index in [1.807, 2.05) is 60.7 Å². The summed E-state index contributed by atoms with van der Waals surface area (Å²) in [5.74, 6) is 0.782. The molecule has 6 heteroatoms. The summed E-state index contributed by atoms with van der Waals surface area (Å²) in [7, 11) is 0. The summed E-state index contributed by atoms with van der Waals surface area (Å²) in [6.45, 7) is 0. The van der Waals surface area contributed by atoms with E-state index in [0.717, 1.165) is 11.1 Å². The molecular weight excluding hydrogens is 600 g/mol. The maximum absolute atomic E-state index is 12.9. The molecule has 0 amide bonds. The average Bonchev–Trinajstić information content (AvgIpc) is 3.13. The van der Waals surface area contributed by atoms with E-state index < -0.39 is 11.6 Å². The normalized spacial score (nSPS) is 10.6. The van der Waals surface area contributed by atoms with Crippen LogP contribution in [0.4, 0.5) is 0 Å². The zero-order valence-corrected chi connectivity index (χ0v) is 25.9. The molecule has 0 atom stereocenters. The lowest BCUT2D eigenvalue weighted by atomic mass is 10.0. The summed E-state index contributed by atoms with van der Waals surface area (Å²) in [6.07, 6.45) is 0.643. The Morgan fingerprint density at radius 1 is 0.333 bits per heavy atom. The number of ether oxygens (including phenoxy) is 2. The Kier molecular flexibility index (Phi) is 9.73. The van der Waals surface area contributed by atoms with Crippen LogP contribution >= 0.6 is 0 Å². The molecule has 0 aliphatic rings. The van der Waals surface area contributed by atoms with Gasteiger partial charge in [0.05, 0.1) is 0 Å². The third-order valence-corrected chi connectivity index (χ3v) is 7.68. The summed E-state index contributed by atoms with van der Waals surface area (Å²) in [6, 6.07) is 45.5. The molecule has 6 nitrogen and oxygen atoms in total. The number of carbonyl (C=O) groups excluding carboxylic acids is 4. The van der Waals surface area contributed by atoms with Crippen molar-refractivity contribution in [2.75, 3.05) is 0 Å². The molecule has 0 spiro atoms. The van der Waals surface area contributed by atoms with Crippen LogP contribution in [0.15, 0.2) is 158 Å². The summed E-state index contributed by atoms with van der Waals surface area (Å²) >= 11 is 0. The Morgan fingerprint density at radius 2 is 0.604 bits per heavy atom. The Hall–Kier alpha value is -6.40. The second-order valence-electron chi connectivity index (χ2n) is 11.1. The third-order valence-electron chi connectivity index (χ3n) is 7.68. The van der Waals surface area contributed by atoms with Gasteiger partial charge >= 0.3 is 0 Å². The van der Waals surface area contributed by atoms with Crippen molar-refractivity contribution in [1.82, 2.24) is 0 Å². The van der Waals surface area contributed by atoms with Gasteiger partial charge in [0.1, 0.15) is 23.0 Å². The molecule has 0 aliphatic heterocycles. The first-order valence-corrected chi connectivity index (χ1v) is 15.4. The van der Waals surface area contributed by atoms with E-state index in [2.05, 4.69) is 0 Å². The molecular formula is C42H30O6. The zero-order chi connectivity index (χ0) is 33.3. The summed E-state index contributed by atoms with van der Waals surface area (Å²) < 4.78 is 11.8. The van der Waals surface area contributed by atoms with E-state index in [-0.39, 0.29) is 22.7 Å². The average molecular weight is 631 g/mol. The largest absolute Gasteiger partial charge is 0.457 e. The minimum absolute atomic E-state index is 0.0150. The van der Waals surface area contributed by atoms with Crippen molar-refractivity contribution >= 4 is 23.1 Å². The molecule has 6 rings (SSSR count). The lowest BCUT2D eigenvalue weighted by Gasteiger charge is -2.09. The van der Waals surface area contributed by atoms with Gasteiger partial charge in [-0.2, -0.15) is 0 Å². The minimum atomic E-state index is -0.646. The monoisotopic (exact) mass is 630 g/mol. The number of hydrogen-bond donors (Lipinski definition) is 0. The van der Waals surface area contributed by atoms with Gasteiger partial charge in [0, 0.05) is 35.1 Å². The van der Waals surface area contributed by atoms with Crippen molar-refractivity contribution < 1.29 is 28.7 Å². The maximum atomic E-state index is 12.9. The molecule has 48 heavy (non-hydrogen) atoms. The number of hydrogen-bond acceptors (Lipinski definition) is 6. The lowest BCUT2D eigenvalue weighted by Crippen LogP contribution is -2.14. The Bertz CT molecular complexity index is 1880. The Balaban J connectivity index is 1.01.